The van der Waals surface area contributed by atoms with Crippen LogP contribution in [0.1, 0.15) is 20.3 Å². The summed E-state index contributed by atoms with van der Waals surface area (Å²) in [6, 6.07) is 5.69. The molecule has 3 rings (SSSR count). The first-order valence-electron chi connectivity index (χ1n) is 6.85. The molecule has 4 nitrogen and oxygen atoms in total. The number of anilines is 1. The van der Waals surface area contributed by atoms with Gasteiger partial charge in [-0.25, -0.2) is 4.39 Å². The summed E-state index contributed by atoms with van der Waals surface area (Å²) in [4.78, 5) is 12.6. The first kappa shape index (κ1) is 13.5. The molecule has 1 amide bonds. The lowest BCUT2D eigenvalue weighted by atomic mass is 9.48. The van der Waals surface area contributed by atoms with Crippen molar-refractivity contribution in [3.8, 4) is 0 Å². The SMILES string of the molecule is CC1(C)C2OCCC2C1(N)C(=O)Nc1ccc(F)cc1. The van der Waals surface area contributed by atoms with Crippen LogP contribution in [0.5, 0.6) is 0 Å². The Bertz CT molecular complexity index is 543. The predicted octanol–water partition coefficient (Wildman–Crippen LogP) is 1.91. The van der Waals surface area contributed by atoms with Crippen LogP contribution in [0.15, 0.2) is 24.3 Å². The van der Waals surface area contributed by atoms with Crippen molar-refractivity contribution in [1.29, 1.82) is 0 Å². The van der Waals surface area contributed by atoms with Gasteiger partial charge < -0.3 is 15.8 Å². The zero-order valence-corrected chi connectivity index (χ0v) is 11.7. The molecule has 3 N–H and O–H groups in total. The molecular formula is C15H19FN2O2. The number of halogens is 1. The van der Waals surface area contributed by atoms with Crippen LogP contribution < -0.4 is 11.1 Å². The van der Waals surface area contributed by atoms with E-state index in [-0.39, 0.29) is 23.7 Å². The molecule has 0 spiro atoms. The average molecular weight is 278 g/mol. The first-order chi connectivity index (χ1) is 9.37. The third kappa shape index (κ3) is 1.63. The van der Waals surface area contributed by atoms with Crippen molar-refractivity contribution >= 4 is 11.6 Å². The van der Waals surface area contributed by atoms with E-state index in [0.717, 1.165) is 6.42 Å². The van der Waals surface area contributed by atoms with Crippen molar-refractivity contribution in [2.45, 2.75) is 31.9 Å². The maximum Gasteiger partial charge on any atom is 0.245 e. The predicted molar refractivity (Wildman–Crippen MR) is 73.6 cm³/mol. The van der Waals surface area contributed by atoms with Gasteiger partial charge in [-0.05, 0) is 30.7 Å². The number of rotatable bonds is 2. The van der Waals surface area contributed by atoms with Gasteiger partial charge in [0.1, 0.15) is 11.4 Å². The summed E-state index contributed by atoms with van der Waals surface area (Å²) in [5.41, 5.74) is 5.63. The number of hydrogen-bond acceptors (Lipinski definition) is 3. The molecule has 0 aromatic heterocycles. The Labute approximate surface area is 117 Å². The summed E-state index contributed by atoms with van der Waals surface area (Å²) in [5.74, 6) is -0.502. The van der Waals surface area contributed by atoms with Crippen LogP contribution in [-0.4, -0.2) is 24.2 Å². The van der Waals surface area contributed by atoms with Crippen LogP contribution in [0.3, 0.4) is 0 Å². The highest BCUT2D eigenvalue weighted by atomic mass is 19.1. The summed E-state index contributed by atoms with van der Waals surface area (Å²) in [6.45, 7) is 4.58. The van der Waals surface area contributed by atoms with Crippen molar-refractivity contribution in [2.75, 3.05) is 11.9 Å². The Morgan fingerprint density at radius 3 is 2.70 bits per heavy atom. The number of nitrogens with one attached hydrogen (secondary N) is 1. The standard InChI is InChI=1S/C15H19FN2O2/c1-14(2)12-11(7-8-20-12)15(14,17)13(19)18-10-5-3-9(16)4-6-10/h3-6,11-12H,7-8,17H2,1-2H3,(H,18,19). The van der Waals surface area contributed by atoms with Gasteiger partial charge in [0.15, 0.2) is 0 Å². The van der Waals surface area contributed by atoms with E-state index < -0.39 is 11.0 Å². The molecule has 1 saturated heterocycles. The van der Waals surface area contributed by atoms with Gasteiger partial charge in [-0.3, -0.25) is 4.79 Å². The zero-order chi connectivity index (χ0) is 14.5. The first-order valence-corrected chi connectivity index (χ1v) is 6.85. The second-order valence-electron chi connectivity index (χ2n) is 6.24. The minimum absolute atomic E-state index is 0.0477. The lowest BCUT2D eigenvalue weighted by molar-refractivity contribution is -0.170. The highest BCUT2D eigenvalue weighted by Crippen LogP contribution is 2.58. The van der Waals surface area contributed by atoms with Crippen LogP contribution in [0.2, 0.25) is 0 Å². The van der Waals surface area contributed by atoms with Gasteiger partial charge in [0.2, 0.25) is 5.91 Å². The number of fused-ring (bicyclic) bond motifs is 1. The summed E-state index contributed by atoms with van der Waals surface area (Å²) in [7, 11) is 0. The molecule has 3 unspecified atom stereocenters. The van der Waals surface area contributed by atoms with E-state index in [2.05, 4.69) is 5.32 Å². The molecule has 1 aliphatic carbocycles. The molecule has 0 bridgehead atoms. The van der Waals surface area contributed by atoms with E-state index in [1.54, 1.807) is 0 Å². The minimum Gasteiger partial charge on any atom is -0.377 e. The van der Waals surface area contributed by atoms with Gasteiger partial charge >= 0.3 is 0 Å². The lowest BCUT2D eigenvalue weighted by Crippen LogP contribution is -2.79. The second kappa shape index (κ2) is 4.27. The quantitative estimate of drug-likeness (QED) is 0.868. The van der Waals surface area contributed by atoms with Gasteiger partial charge in [0.25, 0.3) is 0 Å². The number of carbonyl (C=O) groups excluding carboxylic acids is 1. The number of carbonyl (C=O) groups is 1. The molecule has 3 atom stereocenters. The Morgan fingerprint density at radius 2 is 2.05 bits per heavy atom. The fourth-order valence-corrected chi connectivity index (χ4v) is 3.61. The number of hydrogen-bond donors (Lipinski definition) is 2. The fourth-order valence-electron chi connectivity index (χ4n) is 3.61. The van der Waals surface area contributed by atoms with Crippen LogP contribution in [0.25, 0.3) is 0 Å². The Balaban J connectivity index is 1.81. The van der Waals surface area contributed by atoms with Crippen molar-refractivity contribution in [3.05, 3.63) is 30.1 Å². The Kier molecular flexibility index (Phi) is 2.88. The van der Waals surface area contributed by atoms with E-state index in [0.29, 0.717) is 12.3 Å². The molecule has 2 fully saturated rings. The molecular weight excluding hydrogens is 259 g/mol. The minimum atomic E-state index is -0.942. The maximum atomic E-state index is 12.9. The zero-order valence-electron chi connectivity index (χ0n) is 11.7. The fraction of sp³-hybridized carbons (Fsp3) is 0.533. The number of benzene rings is 1. The molecule has 1 saturated carbocycles. The highest BCUT2D eigenvalue weighted by Gasteiger charge is 2.71. The smallest absolute Gasteiger partial charge is 0.245 e. The van der Waals surface area contributed by atoms with Gasteiger partial charge in [0, 0.05) is 23.6 Å². The van der Waals surface area contributed by atoms with E-state index in [9.17, 15) is 9.18 Å². The maximum absolute atomic E-state index is 12.9. The monoisotopic (exact) mass is 278 g/mol. The largest absolute Gasteiger partial charge is 0.377 e. The normalized spacial score (nSPS) is 34.2. The Hall–Kier alpha value is -1.46. The average Bonchev–Trinajstić information content (AvgIpc) is 2.88. The van der Waals surface area contributed by atoms with Crippen LogP contribution in [0, 0.1) is 17.2 Å². The van der Waals surface area contributed by atoms with Gasteiger partial charge in [-0.2, -0.15) is 0 Å². The molecule has 0 radical (unpaired) electrons. The molecule has 2 aliphatic rings. The van der Waals surface area contributed by atoms with Gasteiger partial charge in [-0.1, -0.05) is 13.8 Å². The highest BCUT2D eigenvalue weighted by molar-refractivity contribution is 6.00. The van der Waals surface area contributed by atoms with E-state index in [1.165, 1.54) is 24.3 Å². The van der Waals surface area contributed by atoms with Crippen molar-refractivity contribution in [1.82, 2.24) is 0 Å². The summed E-state index contributed by atoms with van der Waals surface area (Å²) in [6.07, 6.45) is 0.855. The lowest BCUT2D eigenvalue weighted by Gasteiger charge is -2.60. The molecule has 20 heavy (non-hydrogen) atoms. The van der Waals surface area contributed by atoms with Crippen LogP contribution in [-0.2, 0) is 9.53 Å². The summed E-state index contributed by atoms with van der Waals surface area (Å²) < 4.78 is 18.5. The molecule has 1 aliphatic heterocycles. The molecule has 1 heterocycles. The molecule has 5 heteroatoms. The van der Waals surface area contributed by atoms with E-state index >= 15 is 0 Å². The van der Waals surface area contributed by atoms with E-state index in [4.69, 9.17) is 10.5 Å². The number of ether oxygens (including phenoxy) is 1. The Morgan fingerprint density at radius 1 is 1.40 bits per heavy atom. The summed E-state index contributed by atoms with van der Waals surface area (Å²) in [5, 5.41) is 2.79. The molecule has 108 valence electrons. The van der Waals surface area contributed by atoms with Crippen molar-refractivity contribution in [3.63, 3.8) is 0 Å². The molecule has 1 aromatic rings. The third-order valence-corrected chi connectivity index (χ3v) is 4.93. The van der Waals surface area contributed by atoms with E-state index in [1.807, 2.05) is 13.8 Å². The summed E-state index contributed by atoms with van der Waals surface area (Å²) >= 11 is 0. The van der Waals surface area contributed by atoms with Crippen molar-refractivity contribution in [2.24, 2.45) is 17.1 Å². The van der Waals surface area contributed by atoms with Crippen molar-refractivity contribution < 1.29 is 13.9 Å². The van der Waals surface area contributed by atoms with Crippen LogP contribution in [0.4, 0.5) is 10.1 Å². The van der Waals surface area contributed by atoms with Gasteiger partial charge in [-0.15, -0.1) is 0 Å². The molecule has 1 aromatic carbocycles. The third-order valence-electron chi connectivity index (χ3n) is 4.93. The van der Waals surface area contributed by atoms with Gasteiger partial charge in [0.05, 0.1) is 6.10 Å². The number of nitrogens with two attached hydrogens (primary N) is 1. The number of amides is 1. The topological polar surface area (TPSA) is 64.3 Å². The second-order valence-corrected chi connectivity index (χ2v) is 6.24. The van der Waals surface area contributed by atoms with Crippen LogP contribution >= 0.6 is 0 Å².